The van der Waals surface area contributed by atoms with Gasteiger partial charge in [0.15, 0.2) is 12.4 Å². The van der Waals surface area contributed by atoms with Gasteiger partial charge in [-0.2, -0.15) is 5.10 Å². The molecule has 3 heterocycles. The Labute approximate surface area is 163 Å². The number of carbonyl (C=O) groups is 1. The summed E-state index contributed by atoms with van der Waals surface area (Å²) < 4.78 is 9.53. The topological polar surface area (TPSA) is 78.1 Å². The summed E-state index contributed by atoms with van der Waals surface area (Å²) in [4.78, 5) is 14.5. The number of hydrogen-bond acceptors (Lipinski definition) is 5. The molecule has 3 aromatic rings. The monoisotopic (exact) mass is 380 g/mol. The maximum Gasteiger partial charge on any atom is 0.260 e. The molecule has 0 spiro atoms. The summed E-state index contributed by atoms with van der Waals surface area (Å²) in [5, 5.41) is 13.0. The van der Waals surface area contributed by atoms with Crippen LogP contribution >= 0.6 is 0 Å². The highest BCUT2D eigenvalue weighted by Crippen LogP contribution is 2.29. The molecule has 4 rings (SSSR count). The fraction of sp³-hybridized carbons (Fsp3) is 0.400. The van der Waals surface area contributed by atoms with E-state index in [1.54, 1.807) is 6.33 Å². The lowest BCUT2D eigenvalue weighted by Gasteiger charge is -2.27. The average molecular weight is 380 g/mol. The number of para-hydroxylation sites is 1. The Morgan fingerprint density at radius 2 is 2.04 bits per heavy atom. The summed E-state index contributed by atoms with van der Waals surface area (Å²) >= 11 is 0. The van der Waals surface area contributed by atoms with E-state index in [0.717, 1.165) is 29.2 Å². The number of hydrogen-bond donors (Lipinski definition) is 0. The molecular formula is C20H24N6O2. The van der Waals surface area contributed by atoms with Crippen molar-refractivity contribution >= 4 is 5.91 Å². The van der Waals surface area contributed by atoms with Gasteiger partial charge in [0.25, 0.3) is 5.91 Å². The third kappa shape index (κ3) is 3.37. The van der Waals surface area contributed by atoms with E-state index in [4.69, 9.17) is 4.74 Å². The fourth-order valence-electron chi connectivity index (χ4n) is 3.53. The number of ether oxygens (including phenoxy) is 1. The second kappa shape index (κ2) is 7.46. The molecule has 0 atom stereocenters. The first-order valence-corrected chi connectivity index (χ1v) is 9.45. The van der Waals surface area contributed by atoms with Crippen LogP contribution in [0.2, 0.25) is 0 Å². The first-order chi connectivity index (χ1) is 13.5. The SMILES string of the molecule is CC(C)n1cnnc1-c1nn(C)c2c1CN(C(=O)COc1ccccc1)CC2. The van der Waals surface area contributed by atoms with Crippen LogP contribution in [0, 0.1) is 0 Å². The van der Waals surface area contributed by atoms with Gasteiger partial charge in [-0.15, -0.1) is 10.2 Å². The number of aryl methyl sites for hydroxylation is 1. The number of benzene rings is 1. The molecule has 0 bridgehead atoms. The van der Waals surface area contributed by atoms with Crippen molar-refractivity contribution in [2.24, 2.45) is 7.05 Å². The predicted octanol–water partition coefficient (Wildman–Crippen LogP) is 2.22. The van der Waals surface area contributed by atoms with Gasteiger partial charge < -0.3 is 14.2 Å². The molecule has 0 N–H and O–H groups in total. The fourth-order valence-corrected chi connectivity index (χ4v) is 3.53. The molecule has 0 saturated carbocycles. The number of rotatable bonds is 5. The van der Waals surface area contributed by atoms with Crippen molar-refractivity contribution in [3.8, 4) is 17.3 Å². The van der Waals surface area contributed by atoms with Gasteiger partial charge in [0, 0.05) is 43.9 Å². The highest BCUT2D eigenvalue weighted by atomic mass is 16.5. The largest absolute Gasteiger partial charge is 0.484 e. The maximum absolute atomic E-state index is 12.7. The van der Waals surface area contributed by atoms with E-state index in [1.165, 1.54) is 0 Å². The normalized spacial score (nSPS) is 13.6. The van der Waals surface area contributed by atoms with Crippen LogP contribution in [0.4, 0.5) is 0 Å². The standard InChI is InChI=1S/C20H24N6O2/c1-14(2)26-13-21-22-20(26)19-16-11-25(10-9-17(16)24(3)23-19)18(27)12-28-15-7-5-4-6-8-15/h4-8,13-14H,9-12H2,1-3H3. The van der Waals surface area contributed by atoms with Crippen molar-refractivity contribution in [2.75, 3.05) is 13.2 Å². The van der Waals surface area contributed by atoms with Crippen molar-refractivity contribution < 1.29 is 9.53 Å². The summed E-state index contributed by atoms with van der Waals surface area (Å²) in [5.41, 5.74) is 2.98. The van der Waals surface area contributed by atoms with Crippen molar-refractivity contribution in [3.63, 3.8) is 0 Å². The van der Waals surface area contributed by atoms with Gasteiger partial charge in [0.2, 0.25) is 0 Å². The average Bonchev–Trinajstić information content (AvgIpc) is 3.31. The Balaban J connectivity index is 1.54. The highest BCUT2D eigenvalue weighted by Gasteiger charge is 2.29. The predicted molar refractivity (Wildman–Crippen MR) is 104 cm³/mol. The van der Waals surface area contributed by atoms with Crippen molar-refractivity contribution in [3.05, 3.63) is 47.9 Å². The molecule has 2 aromatic heterocycles. The van der Waals surface area contributed by atoms with Crippen LogP contribution in [-0.4, -0.2) is 48.5 Å². The summed E-state index contributed by atoms with van der Waals surface area (Å²) in [6.07, 6.45) is 2.48. The van der Waals surface area contributed by atoms with Gasteiger partial charge >= 0.3 is 0 Å². The molecule has 0 fully saturated rings. The Bertz CT molecular complexity index is 976. The zero-order chi connectivity index (χ0) is 19.7. The van der Waals surface area contributed by atoms with Crippen molar-refractivity contribution in [2.45, 2.75) is 32.9 Å². The maximum atomic E-state index is 12.7. The van der Waals surface area contributed by atoms with E-state index >= 15 is 0 Å². The van der Waals surface area contributed by atoms with E-state index in [-0.39, 0.29) is 18.6 Å². The van der Waals surface area contributed by atoms with Crippen LogP contribution in [0.15, 0.2) is 36.7 Å². The van der Waals surface area contributed by atoms with E-state index in [1.807, 2.05) is 51.5 Å². The number of amides is 1. The molecule has 1 amide bonds. The van der Waals surface area contributed by atoms with E-state index < -0.39 is 0 Å². The molecule has 1 aliphatic heterocycles. The number of nitrogens with zero attached hydrogens (tertiary/aromatic N) is 6. The molecule has 0 radical (unpaired) electrons. The van der Waals surface area contributed by atoms with Gasteiger partial charge in [-0.3, -0.25) is 9.48 Å². The molecule has 0 aliphatic carbocycles. The van der Waals surface area contributed by atoms with Gasteiger partial charge in [0.1, 0.15) is 17.8 Å². The summed E-state index contributed by atoms with van der Waals surface area (Å²) in [6, 6.07) is 9.61. The molecule has 0 saturated heterocycles. The van der Waals surface area contributed by atoms with Gasteiger partial charge in [0.05, 0.1) is 0 Å². The lowest BCUT2D eigenvalue weighted by Crippen LogP contribution is -2.39. The Morgan fingerprint density at radius 3 is 2.79 bits per heavy atom. The van der Waals surface area contributed by atoms with E-state index in [9.17, 15) is 4.79 Å². The lowest BCUT2D eigenvalue weighted by atomic mass is 10.0. The molecule has 28 heavy (non-hydrogen) atoms. The number of carbonyl (C=O) groups excluding carboxylic acids is 1. The second-order valence-corrected chi connectivity index (χ2v) is 7.22. The number of fused-ring (bicyclic) bond motifs is 1. The Morgan fingerprint density at radius 1 is 1.25 bits per heavy atom. The van der Waals surface area contributed by atoms with E-state index in [0.29, 0.717) is 18.8 Å². The van der Waals surface area contributed by atoms with Crippen molar-refractivity contribution in [1.82, 2.24) is 29.4 Å². The first-order valence-electron chi connectivity index (χ1n) is 9.45. The summed E-state index contributed by atoms with van der Waals surface area (Å²) in [5.74, 6) is 1.40. The lowest BCUT2D eigenvalue weighted by molar-refractivity contribution is -0.134. The molecule has 1 aromatic carbocycles. The summed E-state index contributed by atoms with van der Waals surface area (Å²) in [6.45, 7) is 5.34. The first kappa shape index (κ1) is 18.2. The molecule has 8 heteroatoms. The molecule has 0 unspecified atom stereocenters. The Kier molecular flexibility index (Phi) is 4.85. The smallest absolute Gasteiger partial charge is 0.260 e. The minimum Gasteiger partial charge on any atom is -0.484 e. The van der Waals surface area contributed by atoms with Gasteiger partial charge in [-0.25, -0.2) is 0 Å². The van der Waals surface area contributed by atoms with Crippen LogP contribution in [0.5, 0.6) is 5.75 Å². The van der Waals surface area contributed by atoms with Crippen LogP contribution < -0.4 is 4.74 Å². The molecular weight excluding hydrogens is 356 g/mol. The van der Waals surface area contributed by atoms with Gasteiger partial charge in [-0.05, 0) is 26.0 Å². The molecule has 8 nitrogen and oxygen atoms in total. The van der Waals surface area contributed by atoms with Crippen LogP contribution in [0.1, 0.15) is 31.1 Å². The minimum absolute atomic E-state index is 0.0249. The van der Waals surface area contributed by atoms with Crippen molar-refractivity contribution in [1.29, 1.82) is 0 Å². The van der Waals surface area contributed by atoms with E-state index in [2.05, 4.69) is 29.1 Å². The van der Waals surface area contributed by atoms with Gasteiger partial charge in [-0.1, -0.05) is 18.2 Å². The number of aromatic nitrogens is 5. The summed E-state index contributed by atoms with van der Waals surface area (Å²) in [7, 11) is 1.94. The van der Waals surface area contributed by atoms with Crippen LogP contribution in [0.3, 0.4) is 0 Å². The highest BCUT2D eigenvalue weighted by molar-refractivity contribution is 5.78. The quantitative estimate of drug-likeness (QED) is 0.678. The van der Waals surface area contributed by atoms with Crippen LogP contribution in [0.25, 0.3) is 11.5 Å². The second-order valence-electron chi connectivity index (χ2n) is 7.22. The third-order valence-corrected chi connectivity index (χ3v) is 5.04. The molecule has 146 valence electrons. The van der Waals surface area contributed by atoms with Crippen LogP contribution in [-0.2, 0) is 24.8 Å². The minimum atomic E-state index is -0.0327. The zero-order valence-corrected chi connectivity index (χ0v) is 16.4. The zero-order valence-electron chi connectivity index (χ0n) is 16.4. The third-order valence-electron chi connectivity index (χ3n) is 5.04. The molecule has 1 aliphatic rings. The Hall–Kier alpha value is -3.16.